The van der Waals surface area contributed by atoms with Gasteiger partial charge in [0.05, 0.1) is 30.4 Å². The Labute approximate surface area is 189 Å². The largest absolute Gasteiger partial charge is 0.507 e. The molecule has 2 aromatic heterocycles. The number of carbonyl (C=O) groups excluding carboxylic acids is 2. The molecule has 162 valence electrons. The highest BCUT2D eigenvalue weighted by molar-refractivity contribution is 7.09. The van der Waals surface area contributed by atoms with Crippen LogP contribution in [-0.2, 0) is 16.1 Å². The summed E-state index contributed by atoms with van der Waals surface area (Å²) in [5.41, 5.74) is 2.09. The van der Waals surface area contributed by atoms with Crippen LogP contribution in [0.5, 0.6) is 5.75 Å². The number of fused-ring (bicyclic) bond motifs is 1. The van der Waals surface area contributed by atoms with Crippen molar-refractivity contribution in [1.82, 2.24) is 9.88 Å². The van der Waals surface area contributed by atoms with E-state index in [-0.39, 0.29) is 17.9 Å². The van der Waals surface area contributed by atoms with E-state index in [1.165, 1.54) is 16.2 Å². The number of ketones is 1. The van der Waals surface area contributed by atoms with E-state index in [9.17, 15) is 14.7 Å². The highest BCUT2D eigenvalue weighted by Gasteiger charge is 2.46. The maximum atomic E-state index is 13.1. The zero-order valence-corrected chi connectivity index (χ0v) is 18.2. The number of hydrogen-bond donors (Lipinski definition) is 1. The standard InChI is InChI=1S/C24H21N3O4S/c1-26-10-11-31-19-5-4-16(13-18(19)26)22(28)20-21(15-6-8-25-9-7-15)27(24(30)23(20)29)14-17-3-2-12-32-17/h2-9,12-13,21,28H,10-11,14H2,1H3/b22-20-. The van der Waals surface area contributed by atoms with Gasteiger partial charge in [-0.05, 0) is 47.3 Å². The highest BCUT2D eigenvalue weighted by Crippen LogP contribution is 2.41. The molecule has 0 saturated carbocycles. The second kappa shape index (κ2) is 8.12. The summed E-state index contributed by atoms with van der Waals surface area (Å²) in [6.07, 6.45) is 3.23. The van der Waals surface area contributed by atoms with Crippen LogP contribution in [0.2, 0.25) is 0 Å². The molecule has 1 unspecified atom stereocenters. The Morgan fingerprint density at radius 3 is 2.78 bits per heavy atom. The van der Waals surface area contributed by atoms with Gasteiger partial charge in [-0.1, -0.05) is 6.07 Å². The average Bonchev–Trinajstić information content (AvgIpc) is 3.42. The molecule has 4 heterocycles. The lowest BCUT2D eigenvalue weighted by Gasteiger charge is -2.28. The number of amides is 1. The van der Waals surface area contributed by atoms with Gasteiger partial charge in [-0.25, -0.2) is 0 Å². The number of likely N-dealkylation sites (N-methyl/N-ethyl adjacent to an activating group) is 1. The number of rotatable bonds is 4. The average molecular weight is 448 g/mol. The van der Waals surface area contributed by atoms with Crippen LogP contribution in [0.15, 0.2) is 65.8 Å². The molecule has 8 heteroatoms. The highest BCUT2D eigenvalue weighted by atomic mass is 32.1. The first-order valence-corrected chi connectivity index (χ1v) is 11.1. The first kappa shape index (κ1) is 20.3. The second-order valence-electron chi connectivity index (χ2n) is 7.74. The Morgan fingerprint density at radius 2 is 2.03 bits per heavy atom. The van der Waals surface area contributed by atoms with Crippen molar-refractivity contribution in [3.8, 4) is 5.75 Å². The molecule has 1 atom stereocenters. The molecule has 0 aliphatic carbocycles. The summed E-state index contributed by atoms with van der Waals surface area (Å²) in [5.74, 6) is -0.789. The Bertz CT molecular complexity index is 1210. The number of aromatic nitrogens is 1. The Kier molecular flexibility index (Phi) is 5.14. The van der Waals surface area contributed by atoms with Crippen molar-refractivity contribution >= 4 is 34.5 Å². The molecule has 1 aromatic carbocycles. The topological polar surface area (TPSA) is 83.0 Å². The number of carbonyl (C=O) groups is 2. The van der Waals surface area contributed by atoms with E-state index in [4.69, 9.17) is 4.74 Å². The number of nitrogens with zero attached hydrogens (tertiary/aromatic N) is 3. The van der Waals surface area contributed by atoms with Crippen LogP contribution >= 0.6 is 11.3 Å². The molecule has 32 heavy (non-hydrogen) atoms. The summed E-state index contributed by atoms with van der Waals surface area (Å²) in [6, 6.07) is 11.9. The third kappa shape index (κ3) is 3.42. The minimum atomic E-state index is -0.704. The van der Waals surface area contributed by atoms with Gasteiger partial charge in [0.1, 0.15) is 18.1 Å². The molecule has 1 amide bonds. The summed E-state index contributed by atoms with van der Waals surface area (Å²) in [4.78, 5) is 34.7. The first-order chi connectivity index (χ1) is 15.5. The van der Waals surface area contributed by atoms with Crippen molar-refractivity contribution in [1.29, 1.82) is 0 Å². The Morgan fingerprint density at radius 1 is 1.22 bits per heavy atom. The van der Waals surface area contributed by atoms with Gasteiger partial charge in [-0.2, -0.15) is 0 Å². The fourth-order valence-corrected chi connectivity index (χ4v) is 4.86. The van der Waals surface area contributed by atoms with Crippen LogP contribution in [0, 0.1) is 0 Å². The zero-order valence-electron chi connectivity index (χ0n) is 17.4. The van der Waals surface area contributed by atoms with Gasteiger partial charge in [0.15, 0.2) is 0 Å². The van der Waals surface area contributed by atoms with Crippen molar-refractivity contribution in [2.45, 2.75) is 12.6 Å². The lowest BCUT2D eigenvalue weighted by molar-refractivity contribution is -0.140. The fourth-order valence-electron chi connectivity index (χ4n) is 4.16. The predicted octanol–water partition coefficient (Wildman–Crippen LogP) is 3.59. The molecule has 7 nitrogen and oxygen atoms in total. The Hall–Kier alpha value is -3.65. The summed E-state index contributed by atoms with van der Waals surface area (Å²) in [7, 11) is 1.95. The first-order valence-electron chi connectivity index (χ1n) is 10.2. The maximum absolute atomic E-state index is 13.1. The molecule has 1 saturated heterocycles. The lowest BCUT2D eigenvalue weighted by atomic mass is 9.95. The quantitative estimate of drug-likeness (QED) is 0.374. The van der Waals surface area contributed by atoms with E-state index in [2.05, 4.69) is 4.98 Å². The van der Waals surface area contributed by atoms with Crippen molar-refractivity contribution in [3.63, 3.8) is 0 Å². The number of hydrogen-bond acceptors (Lipinski definition) is 7. The number of aliphatic hydroxyl groups is 1. The van der Waals surface area contributed by atoms with E-state index < -0.39 is 17.7 Å². The van der Waals surface area contributed by atoms with Crippen LogP contribution in [0.1, 0.15) is 22.0 Å². The van der Waals surface area contributed by atoms with E-state index in [0.717, 1.165) is 28.4 Å². The zero-order chi connectivity index (χ0) is 22.2. The normalized spacial score (nSPS) is 19.7. The van der Waals surface area contributed by atoms with E-state index >= 15 is 0 Å². The number of likely N-dealkylation sites (tertiary alicyclic amines) is 1. The molecule has 5 rings (SSSR count). The summed E-state index contributed by atoms with van der Waals surface area (Å²) >= 11 is 1.52. The lowest BCUT2D eigenvalue weighted by Crippen LogP contribution is -2.29. The van der Waals surface area contributed by atoms with Gasteiger partial charge in [0, 0.05) is 29.9 Å². The molecule has 0 radical (unpaired) electrons. The molecular weight excluding hydrogens is 426 g/mol. The SMILES string of the molecule is CN1CCOc2ccc(/C(O)=C3/C(=O)C(=O)N(Cc4cccs4)C3c3ccncc3)cc21. The second-order valence-corrected chi connectivity index (χ2v) is 8.77. The monoisotopic (exact) mass is 447 g/mol. The van der Waals surface area contributed by atoms with Gasteiger partial charge in [-0.15, -0.1) is 11.3 Å². The van der Waals surface area contributed by atoms with Gasteiger partial charge >= 0.3 is 0 Å². The molecular formula is C24H21N3O4S. The number of aliphatic hydroxyl groups excluding tert-OH is 1. The molecule has 3 aromatic rings. The summed E-state index contributed by atoms with van der Waals surface area (Å²) in [5, 5.41) is 13.2. The third-order valence-corrected chi connectivity index (χ3v) is 6.66. The number of Topliss-reactive ketones (excluding diaryl/α,β-unsaturated/α-hetero) is 1. The third-order valence-electron chi connectivity index (χ3n) is 5.80. The van der Waals surface area contributed by atoms with Crippen LogP contribution in [0.4, 0.5) is 5.69 Å². The van der Waals surface area contributed by atoms with Crippen molar-refractivity contribution in [2.75, 3.05) is 25.1 Å². The molecule has 0 bridgehead atoms. The number of ether oxygens (including phenoxy) is 1. The number of anilines is 1. The van der Waals surface area contributed by atoms with Crippen molar-refractivity contribution in [3.05, 3.63) is 81.8 Å². The number of thiophene rings is 1. The van der Waals surface area contributed by atoms with E-state index in [1.54, 1.807) is 42.7 Å². The molecule has 1 fully saturated rings. The summed E-state index contributed by atoms with van der Waals surface area (Å²) < 4.78 is 5.68. The summed E-state index contributed by atoms with van der Waals surface area (Å²) in [6.45, 7) is 1.59. The van der Waals surface area contributed by atoms with Crippen LogP contribution in [0.25, 0.3) is 5.76 Å². The van der Waals surface area contributed by atoms with Gasteiger partial charge in [0.2, 0.25) is 0 Å². The molecule has 0 spiro atoms. The minimum absolute atomic E-state index is 0.0806. The van der Waals surface area contributed by atoms with Crippen LogP contribution < -0.4 is 9.64 Å². The fraction of sp³-hybridized carbons (Fsp3) is 0.208. The van der Waals surface area contributed by atoms with Crippen molar-refractivity contribution in [2.24, 2.45) is 0 Å². The molecule has 2 aliphatic rings. The van der Waals surface area contributed by atoms with E-state index in [0.29, 0.717) is 12.2 Å². The minimum Gasteiger partial charge on any atom is -0.507 e. The number of pyridine rings is 1. The number of benzene rings is 1. The smallest absolute Gasteiger partial charge is 0.295 e. The van der Waals surface area contributed by atoms with Crippen LogP contribution in [0.3, 0.4) is 0 Å². The maximum Gasteiger partial charge on any atom is 0.295 e. The van der Waals surface area contributed by atoms with E-state index in [1.807, 2.05) is 29.5 Å². The predicted molar refractivity (Wildman–Crippen MR) is 122 cm³/mol. The van der Waals surface area contributed by atoms with Crippen LogP contribution in [-0.4, -0.2) is 46.9 Å². The van der Waals surface area contributed by atoms with Gasteiger partial charge < -0.3 is 19.6 Å². The van der Waals surface area contributed by atoms with Gasteiger partial charge in [0.25, 0.3) is 11.7 Å². The Balaban J connectivity index is 1.63. The molecule has 2 aliphatic heterocycles. The van der Waals surface area contributed by atoms with Gasteiger partial charge in [-0.3, -0.25) is 14.6 Å². The molecule has 1 N–H and O–H groups in total. The van der Waals surface area contributed by atoms with Crippen molar-refractivity contribution < 1.29 is 19.4 Å².